The second kappa shape index (κ2) is 8.86. The summed E-state index contributed by atoms with van der Waals surface area (Å²) in [7, 11) is 0. The van der Waals surface area contributed by atoms with Gasteiger partial charge in [0, 0.05) is 27.7 Å². The lowest BCUT2D eigenvalue weighted by Gasteiger charge is -2.06. The normalized spacial score (nSPS) is 11.7. The molecule has 2 aromatic heterocycles. The Morgan fingerprint density at radius 2 is 2.00 bits per heavy atom. The Morgan fingerprint density at radius 1 is 1.23 bits per heavy atom. The van der Waals surface area contributed by atoms with Crippen LogP contribution in [0.3, 0.4) is 0 Å². The number of amides is 1. The number of carbonyl (C=O) groups is 1. The van der Waals surface area contributed by atoms with E-state index in [1.165, 1.54) is 17.4 Å². The van der Waals surface area contributed by atoms with E-state index in [9.17, 15) is 9.18 Å². The molecule has 4 aromatic rings. The van der Waals surface area contributed by atoms with Crippen LogP contribution >= 0.6 is 35.2 Å². The molecule has 0 aliphatic carbocycles. The number of benzene rings is 2. The summed E-state index contributed by atoms with van der Waals surface area (Å²) in [6.07, 6.45) is 1.77. The van der Waals surface area contributed by atoms with E-state index in [0.29, 0.717) is 26.0 Å². The molecule has 1 N–H and O–H groups in total. The SMILES string of the molecule is O=C(Cn1c(-c2ccc(Cl)cc2)n[nH]c1=S)N=c1sccn1Cc1ccccc1F. The van der Waals surface area contributed by atoms with Crippen molar-refractivity contribution in [2.75, 3.05) is 0 Å². The number of carbonyl (C=O) groups excluding carboxylic acids is 1. The van der Waals surface area contributed by atoms with Gasteiger partial charge in [-0.3, -0.25) is 14.5 Å². The summed E-state index contributed by atoms with van der Waals surface area (Å²) in [5, 5.41) is 9.32. The lowest BCUT2D eigenvalue weighted by atomic mass is 10.2. The number of nitrogens with one attached hydrogen (secondary N) is 1. The highest BCUT2D eigenvalue weighted by Crippen LogP contribution is 2.20. The molecule has 0 aliphatic heterocycles. The maximum Gasteiger partial charge on any atom is 0.268 e. The van der Waals surface area contributed by atoms with Gasteiger partial charge in [-0.15, -0.1) is 11.3 Å². The van der Waals surface area contributed by atoms with Crippen LogP contribution in [0.1, 0.15) is 5.56 Å². The van der Waals surface area contributed by atoms with Gasteiger partial charge < -0.3 is 4.57 Å². The predicted octanol–water partition coefficient (Wildman–Crippen LogP) is 4.44. The highest BCUT2D eigenvalue weighted by Gasteiger charge is 2.13. The van der Waals surface area contributed by atoms with Gasteiger partial charge in [0.2, 0.25) is 0 Å². The first kappa shape index (κ1) is 20.4. The molecule has 6 nitrogen and oxygen atoms in total. The first-order valence-corrected chi connectivity index (χ1v) is 10.5. The third-order valence-electron chi connectivity index (χ3n) is 4.33. The molecule has 0 fully saturated rings. The Balaban J connectivity index is 1.60. The molecule has 0 bridgehead atoms. The van der Waals surface area contributed by atoms with Gasteiger partial charge in [0.05, 0.1) is 6.54 Å². The van der Waals surface area contributed by atoms with Gasteiger partial charge in [0.25, 0.3) is 5.91 Å². The van der Waals surface area contributed by atoms with E-state index >= 15 is 0 Å². The number of rotatable bonds is 5. The zero-order valence-corrected chi connectivity index (χ0v) is 17.8. The Labute approximate surface area is 184 Å². The lowest BCUT2D eigenvalue weighted by molar-refractivity contribution is -0.118. The topological polar surface area (TPSA) is 68.0 Å². The molecule has 10 heteroatoms. The second-order valence-electron chi connectivity index (χ2n) is 6.36. The van der Waals surface area contributed by atoms with Crippen molar-refractivity contribution in [3.63, 3.8) is 0 Å². The van der Waals surface area contributed by atoms with Gasteiger partial charge in [-0.25, -0.2) is 4.39 Å². The van der Waals surface area contributed by atoms with Crippen molar-refractivity contribution in [1.82, 2.24) is 19.3 Å². The summed E-state index contributed by atoms with van der Waals surface area (Å²) < 4.78 is 17.6. The van der Waals surface area contributed by atoms with Crippen molar-refractivity contribution in [1.29, 1.82) is 0 Å². The fraction of sp³-hybridized carbons (Fsp3) is 0.100. The standard InChI is InChI=1S/C20H15ClFN5OS2/c21-15-7-5-13(6-8-15)18-24-25-19(29)27(18)12-17(28)23-20-26(9-10-30-20)11-14-3-1-2-4-16(14)22/h1-10H,11-12H2,(H,25,29). The zero-order valence-electron chi connectivity index (χ0n) is 15.5. The van der Waals surface area contributed by atoms with Crippen molar-refractivity contribution >= 4 is 41.1 Å². The number of hydrogen-bond donors (Lipinski definition) is 1. The Hall–Kier alpha value is -2.88. The maximum absolute atomic E-state index is 14.0. The van der Waals surface area contributed by atoms with E-state index in [1.807, 2.05) is 0 Å². The van der Waals surface area contributed by atoms with Gasteiger partial charge in [-0.1, -0.05) is 29.8 Å². The number of aromatic nitrogens is 4. The smallest absolute Gasteiger partial charge is 0.268 e. The minimum absolute atomic E-state index is 0.0785. The largest absolute Gasteiger partial charge is 0.319 e. The average molecular weight is 460 g/mol. The molecule has 30 heavy (non-hydrogen) atoms. The predicted molar refractivity (Wildman–Crippen MR) is 116 cm³/mol. The number of thiazole rings is 1. The van der Waals surface area contributed by atoms with Crippen molar-refractivity contribution in [3.8, 4) is 11.4 Å². The fourth-order valence-corrected chi connectivity index (χ4v) is 3.95. The molecular weight excluding hydrogens is 445 g/mol. The van der Waals surface area contributed by atoms with E-state index in [4.69, 9.17) is 23.8 Å². The van der Waals surface area contributed by atoms with Crippen LogP contribution in [-0.4, -0.2) is 25.2 Å². The van der Waals surface area contributed by atoms with Crippen LogP contribution < -0.4 is 4.80 Å². The first-order valence-electron chi connectivity index (χ1n) is 8.87. The highest BCUT2D eigenvalue weighted by atomic mass is 35.5. The van der Waals surface area contributed by atoms with Gasteiger partial charge in [-0.2, -0.15) is 10.1 Å². The van der Waals surface area contributed by atoms with Gasteiger partial charge in [-0.05, 0) is 42.5 Å². The third-order valence-corrected chi connectivity index (χ3v) is 5.69. The van der Waals surface area contributed by atoms with Crippen molar-refractivity contribution in [3.05, 3.63) is 86.1 Å². The molecular formula is C20H15ClFN5OS2. The zero-order chi connectivity index (χ0) is 21.1. The van der Waals surface area contributed by atoms with Crippen molar-refractivity contribution in [2.45, 2.75) is 13.1 Å². The molecule has 2 aromatic carbocycles. The number of hydrogen-bond acceptors (Lipinski definition) is 4. The number of aromatic amines is 1. The Morgan fingerprint density at radius 3 is 2.77 bits per heavy atom. The van der Waals surface area contributed by atoms with Crippen LogP contribution in [0.15, 0.2) is 65.1 Å². The van der Waals surface area contributed by atoms with Crippen LogP contribution in [0.25, 0.3) is 11.4 Å². The van der Waals surface area contributed by atoms with Crippen LogP contribution in [0, 0.1) is 10.6 Å². The molecule has 0 aliphatic rings. The number of halogens is 2. The molecule has 0 radical (unpaired) electrons. The fourth-order valence-electron chi connectivity index (χ4n) is 2.88. The molecule has 0 saturated heterocycles. The number of H-pyrrole nitrogens is 1. The summed E-state index contributed by atoms with van der Waals surface area (Å²) >= 11 is 12.5. The van der Waals surface area contributed by atoms with E-state index < -0.39 is 5.91 Å². The lowest BCUT2D eigenvalue weighted by Crippen LogP contribution is -2.19. The monoisotopic (exact) mass is 459 g/mol. The summed E-state index contributed by atoms with van der Waals surface area (Å²) in [6, 6.07) is 13.6. The minimum Gasteiger partial charge on any atom is -0.319 e. The number of nitrogens with zero attached hydrogens (tertiary/aromatic N) is 4. The summed E-state index contributed by atoms with van der Waals surface area (Å²) in [6.45, 7) is 0.203. The van der Waals surface area contributed by atoms with E-state index in [-0.39, 0.29) is 18.9 Å². The molecule has 1 amide bonds. The van der Waals surface area contributed by atoms with Crippen LogP contribution in [0.4, 0.5) is 4.39 Å². The van der Waals surface area contributed by atoms with E-state index in [1.54, 1.807) is 63.2 Å². The summed E-state index contributed by atoms with van der Waals surface area (Å²) in [5.41, 5.74) is 1.29. The van der Waals surface area contributed by atoms with E-state index in [0.717, 1.165) is 5.56 Å². The second-order valence-corrected chi connectivity index (χ2v) is 8.05. The van der Waals surface area contributed by atoms with Crippen LogP contribution in [0.2, 0.25) is 5.02 Å². The molecule has 0 spiro atoms. The van der Waals surface area contributed by atoms with Crippen molar-refractivity contribution in [2.24, 2.45) is 4.99 Å². The summed E-state index contributed by atoms with van der Waals surface area (Å²) in [4.78, 5) is 17.3. The van der Waals surface area contributed by atoms with Crippen LogP contribution in [0.5, 0.6) is 0 Å². The summed E-state index contributed by atoms with van der Waals surface area (Å²) in [5.74, 6) is -0.177. The molecule has 0 atom stereocenters. The molecule has 0 saturated carbocycles. The quantitative estimate of drug-likeness (QED) is 0.449. The van der Waals surface area contributed by atoms with Gasteiger partial charge in [0.1, 0.15) is 12.4 Å². The molecule has 0 unspecified atom stereocenters. The molecule has 4 rings (SSSR count). The highest BCUT2D eigenvalue weighted by molar-refractivity contribution is 7.71. The van der Waals surface area contributed by atoms with Crippen molar-refractivity contribution < 1.29 is 9.18 Å². The molecule has 152 valence electrons. The Bertz CT molecular complexity index is 1320. The first-order chi connectivity index (χ1) is 14.5. The average Bonchev–Trinajstić information content (AvgIpc) is 3.31. The van der Waals surface area contributed by atoms with Gasteiger partial charge in [0.15, 0.2) is 15.4 Å². The molecule has 2 heterocycles. The maximum atomic E-state index is 14.0. The van der Waals surface area contributed by atoms with Crippen LogP contribution in [-0.2, 0) is 17.9 Å². The minimum atomic E-state index is -0.396. The third kappa shape index (κ3) is 4.48. The Kier molecular flexibility index (Phi) is 6.03. The van der Waals surface area contributed by atoms with Gasteiger partial charge >= 0.3 is 0 Å². The van der Waals surface area contributed by atoms with E-state index in [2.05, 4.69) is 15.2 Å².